The summed E-state index contributed by atoms with van der Waals surface area (Å²) < 4.78 is 24.9. The largest absolute Gasteiger partial charge is 0.372 e. The molecule has 23 heavy (non-hydrogen) atoms. The Balaban J connectivity index is 2.29. The Hall–Kier alpha value is -2.49. The van der Waals surface area contributed by atoms with Crippen molar-refractivity contribution in [2.75, 3.05) is 11.6 Å². The van der Waals surface area contributed by atoms with Crippen LogP contribution in [0.15, 0.2) is 29.4 Å². The van der Waals surface area contributed by atoms with E-state index in [9.17, 15) is 18.5 Å². The Morgan fingerprint density at radius 1 is 1.39 bits per heavy atom. The lowest BCUT2D eigenvalue weighted by Gasteiger charge is -2.11. The number of hydrogen-bond acceptors (Lipinski definition) is 7. The molecule has 1 aromatic heterocycles. The van der Waals surface area contributed by atoms with Crippen LogP contribution in [-0.4, -0.2) is 34.4 Å². The molecule has 0 radical (unpaired) electrons. The molecule has 0 aliphatic rings. The SMILES string of the molecule is CC(C)n1cnnc1CNc1ccc(S(C)(=O)=O)cc1[N+](=O)[O-]. The van der Waals surface area contributed by atoms with Gasteiger partial charge in [-0.05, 0) is 26.0 Å². The molecular formula is C13H17N5O4S. The number of aromatic nitrogens is 3. The highest BCUT2D eigenvalue weighted by atomic mass is 32.2. The Labute approximate surface area is 133 Å². The van der Waals surface area contributed by atoms with Gasteiger partial charge >= 0.3 is 0 Å². The van der Waals surface area contributed by atoms with Gasteiger partial charge in [-0.3, -0.25) is 10.1 Å². The Kier molecular flexibility index (Phi) is 4.64. The summed E-state index contributed by atoms with van der Waals surface area (Å²) in [6.07, 6.45) is 2.59. The zero-order valence-corrected chi connectivity index (χ0v) is 13.7. The predicted octanol–water partition coefficient (Wildman–Crippen LogP) is 1.78. The van der Waals surface area contributed by atoms with E-state index >= 15 is 0 Å². The van der Waals surface area contributed by atoms with Gasteiger partial charge in [-0.1, -0.05) is 0 Å². The van der Waals surface area contributed by atoms with E-state index in [-0.39, 0.29) is 28.9 Å². The third-order valence-electron chi connectivity index (χ3n) is 3.23. The van der Waals surface area contributed by atoms with Crippen LogP contribution in [0.4, 0.5) is 11.4 Å². The summed E-state index contributed by atoms with van der Waals surface area (Å²) in [7, 11) is -3.51. The van der Waals surface area contributed by atoms with Gasteiger partial charge in [0, 0.05) is 18.4 Å². The first kappa shape index (κ1) is 16.9. The molecule has 0 spiro atoms. The number of benzene rings is 1. The van der Waals surface area contributed by atoms with Gasteiger partial charge in [0.1, 0.15) is 12.0 Å². The van der Waals surface area contributed by atoms with Gasteiger partial charge in [0.2, 0.25) is 0 Å². The molecular weight excluding hydrogens is 322 g/mol. The molecule has 0 saturated carbocycles. The molecule has 1 aromatic carbocycles. The van der Waals surface area contributed by atoms with E-state index in [1.807, 2.05) is 18.4 Å². The highest BCUT2D eigenvalue weighted by Crippen LogP contribution is 2.28. The van der Waals surface area contributed by atoms with Crippen molar-refractivity contribution in [3.05, 3.63) is 40.5 Å². The molecule has 1 N–H and O–H groups in total. The molecule has 124 valence electrons. The number of sulfone groups is 1. The highest BCUT2D eigenvalue weighted by molar-refractivity contribution is 7.90. The summed E-state index contributed by atoms with van der Waals surface area (Å²) in [6.45, 7) is 4.17. The maximum atomic E-state index is 11.5. The fourth-order valence-corrected chi connectivity index (χ4v) is 2.68. The fourth-order valence-electron chi connectivity index (χ4n) is 2.04. The number of rotatable bonds is 6. The molecule has 0 fully saturated rings. The van der Waals surface area contributed by atoms with Crippen LogP contribution in [0, 0.1) is 10.1 Å². The average molecular weight is 339 g/mol. The minimum absolute atomic E-state index is 0.0971. The van der Waals surface area contributed by atoms with Gasteiger partial charge in [-0.25, -0.2) is 8.42 Å². The molecule has 0 aliphatic carbocycles. The molecule has 0 aliphatic heterocycles. The smallest absolute Gasteiger partial charge is 0.293 e. The quantitative estimate of drug-likeness (QED) is 0.629. The van der Waals surface area contributed by atoms with Crippen LogP contribution in [0.2, 0.25) is 0 Å². The maximum Gasteiger partial charge on any atom is 0.293 e. The summed E-state index contributed by atoms with van der Waals surface area (Å²) >= 11 is 0. The first-order valence-corrected chi connectivity index (χ1v) is 8.70. The first-order chi connectivity index (χ1) is 10.7. The van der Waals surface area contributed by atoms with Gasteiger partial charge in [0.25, 0.3) is 5.69 Å². The Morgan fingerprint density at radius 2 is 2.09 bits per heavy atom. The molecule has 0 saturated heterocycles. The fraction of sp³-hybridized carbons (Fsp3) is 0.385. The number of hydrogen-bond donors (Lipinski definition) is 1. The van der Waals surface area contributed by atoms with Crippen molar-refractivity contribution in [3.8, 4) is 0 Å². The number of nitro benzene ring substituents is 1. The monoisotopic (exact) mass is 339 g/mol. The normalized spacial score (nSPS) is 11.7. The van der Waals surface area contributed by atoms with Crippen molar-refractivity contribution in [1.29, 1.82) is 0 Å². The van der Waals surface area contributed by atoms with Gasteiger partial charge in [0.05, 0.1) is 16.4 Å². The minimum Gasteiger partial charge on any atom is -0.372 e. The number of anilines is 1. The summed E-state index contributed by atoms with van der Waals surface area (Å²) in [5, 5.41) is 21.9. The first-order valence-electron chi connectivity index (χ1n) is 6.81. The molecule has 0 bridgehead atoms. The van der Waals surface area contributed by atoms with E-state index in [0.717, 1.165) is 12.3 Å². The van der Waals surface area contributed by atoms with E-state index in [2.05, 4.69) is 15.5 Å². The highest BCUT2D eigenvalue weighted by Gasteiger charge is 2.19. The van der Waals surface area contributed by atoms with Crippen molar-refractivity contribution in [2.24, 2.45) is 0 Å². The molecule has 0 atom stereocenters. The number of nitro groups is 1. The number of nitrogens with zero attached hydrogens (tertiary/aromatic N) is 4. The van der Waals surface area contributed by atoms with Gasteiger partial charge in [-0.2, -0.15) is 0 Å². The standard InChI is InChI=1S/C13H17N5O4S/c1-9(2)17-8-15-16-13(17)7-14-11-5-4-10(23(3,21)22)6-12(11)18(19)20/h4-6,8-9,14H,7H2,1-3H3. The minimum atomic E-state index is -3.51. The van der Waals surface area contributed by atoms with E-state index in [0.29, 0.717) is 5.82 Å². The van der Waals surface area contributed by atoms with E-state index in [1.165, 1.54) is 12.1 Å². The third-order valence-corrected chi connectivity index (χ3v) is 4.34. The summed E-state index contributed by atoms with van der Waals surface area (Å²) in [5.41, 5.74) is -0.0794. The van der Waals surface area contributed by atoms with Crippen molar-refractivity contribution in [2.45, 2.75) is 31.3 Å². The van der Waals surface area contributed by atoms with Gasteiger partial charge < -0.3 is 9.88 Å². The maximum absolute atomic E-state index is 11.5. The Bertz CT molecular complexity index is 829. The molecule has 0 unspecified atom stereocenters. The van der Waals surface area contributed by atoms with Gasteiger partial charge in [0.15, 0.2) is 15.7 Å². The van der Waals surface area contributed by atoms with Gasteiger partial charge in [-0.15, -0.1) is 10.2 Å². The van der Waals surface area contributed by atoms with Crippen molar-refractivity contribution in [1.82, 2.24) is 14.8 Å². The van der Waals surface area contributed by atoms with Crippen LogP contribution in [0.25, 0.3) is 0 Å². The lowest BCUT2D eigenvalue weighted by atomic mass is 10.2. The summed E-state index contributed by atoms with van der Waals surface area (Å²) in [5.74, 6) is 0.626. The molecule has 0 amide bonds. The summed E-state index contributed by atoms with van der Waals surface area (Å²) in [4.78, 5) is 10.5. The summed E-state index contributed by atoms with van der Waals surface area (Å²) in [6, 6.07) is 3.91. The Morgan fingerprint density at radius 3 is 2.65 bits per heavy atom. The third kappa shape index (κ3) is 3.83. The van der Waals surface area contributed by atoms with Crippen LogP contribution < -0.4 is 5.32 Å². The zero-order chi connectivity index (χ0) is 17.2. The zero-order valence-electron chi connectivity index (χ0n) is 12.9. The second kappa shape index (κ2) is 6.32. The van der Waals surface area contributed by atoms with E-state index in [1.54, 1.807) is 6.33 Å². The van der Waals surface area contributed by atoms with Crippen LogP contribution in [-0.2, 0) is 16.4 Å². The molecule has 2 rings (SSSR count). The molecule has 9 nitrogen and oxygen atoms in total. The second-order valence-electron chi connectivity index (χ2n) is 5.31. The van der Waals surface area contributed by atoms with Crippen LogP contribution in [0.3, 0.4) is 0 Å². The predicted molar refractivity (Wildman–Crippen MR) is 83.9 cm³/mol. The van der Waals surface area contributed by atoms with Crippen LogP contribution in [0.5, 0.6) is 0 Å². The molecule has 2 aromatic rings. The lowest BCUT2D eigenvalue weighted by molar-refractivity contribution is -0.384. The van der Waals surface area contributed by atoms with Crippen molar-refractivity contribution >= 4 is 21.2 Å². The second-order valence-corrected chi connectivity index (χ2v) is 7.33. The average Bonchev–Trinajstić information content (AvgIpc) is 2.92. The van der Waals surface area contributed by atoms with Crippen LogP contribution in [0.1, 0.15) is 25.7 Å². The number of nitrogens with one attached hydrogen (secondary N) is 1. The van der Waals surface area contributed by atoms with E-state index in [4.69, 9.17) is 0 Å². The molecule has 10 heteroatoms. The van der Waals surface area contributed by atoms with E-state index < -0.39 is 14.8 Å². The topological polar surface area (TPSA) is 120 Å². The lowest BCUT2D eigenvalue weighted by Crippen LogP contribution is -2.11. The van der Waals surface area contributed by atoms with Crippen LogP contribution >= 0.6 is 0 Å². The molecule has 1 heterocycles. The van der Waals surface area contributed by atoms with Crippen molar-refractivity contribution in [3.63, 3.8) is 0 Å². The van der Waals surface area contributed by atoms with Crippen molar-refractivity contribution < 1.29 is 13.3 Å².